The number of carbonyl (C=O) groups excluding carboxylic acids is 1. The number of pyridine rings is 1. The van der Waals surface area contributed by atoms with E-state index >= 15 is 0 Å². The van der Waals surface area contributed by atoms with Gasteiger partial charge in [-0.25, -0.2) is 0 Å². The number of nitrogens with one attached hydrogen (secondary N) is 1. The van der Waals surface area contributed by atoms with Crippen LogP contribution in [0.3, 0.4) is 0 Å². The first-order valence-corrected chi connectivity index (χ1v) is 8.06. The highest BCUT2D eigenvalue weighted by molar-refractivity contribution is 9.10. The molecule has 1 heterocycles. The van der Waals surface area contributed by atoms with Gasteiger partial charge in [0.25, 0.3) is 5.91 Å². The molecular formula is C15H19BrN2O2. The Hall–Kier alpha value is -0.940. The summed E-state index contributed by atoms with van der Waals surface area (Å²) in [6, 6.07) is 1.85. The fourth-order valence-corrected chi connectivity index (χ4v) is 3.22. The number of hydrogen-bond acceptors (Lipinski definition) is 3. The van der Waals surface area contributed by atoms with Crippen molar-refractivity contribution in [3.63, 3.8) is 0 Å². The van der Waals surface area contributed by atoms with Crippen molar-refractivity contribution in [3.05, 3.63) is 28.0 Å². The molecular weight excluding hydrogens is 320 g/mol. The molecule has 0 unspecified atom stereocenters. The lowest BCUT2D eigenvalue weighted by Gasteiger charge is -2.16. The number of halogens is 1. The topological polar surface area (TPSA) is 62.2 Å². The SMILES string of the molecule is O=C(NC[C@H]1CCC[C@@H]1O)c1cc(Br)cnc1C1CC1. The summed E-state index contributed by atoms with van der Waals surface area (Å²) in [5.41, 5.74) is 1.59. The van der Waals surface area contributed by atoms with E-state index in [4.69, 9.17) is 0 Å². The van der Waals surface area contributed by atoms with Gasteiger partial charge in [0.1, 0.15) is 0 Å². The minimum absolute atomic E-state index is 0.0696. The molecule has 2 N–H and O–H groups in total. The molecule has 0 spiro atoms. The molecule has 108 valence electrons. The second kappa shape index (κ2) is 5.82. The van der Waals surface area contributed by atoms with E-state index in [1.807, 2.05) is 6.07 Å². The van der Waals surface area contributed by atoms with Gasteiger partial charge in [0.15, 0.2) is 0 Å². The molecule has 20 heavy (non-hydrogen) atoms. The fraction of sp³-hybridized carbons (Fsp3) is 0.600. The van der Waals surface area contributed by atoms with Crippen molar-refractivity contribution in [1.82, 2.24) is 10.3 Å². The molecule has 0 radical (unpaired) electrons. The van der Waals surface area contributed by atoms with E-state index in [0.29, 0.717) is 18.0 Å². The van der Waals surface area contributed by atoms with E-state index in [9.17, 15) is 9.90 Å². The van der Waals surface area contributed by atoms with Gasteiger partial charge in [0.2, 0.25) is 0 Å². The second-order valence-corrected chi connectivity index (χ2v) is 6.74. The molecule has 2 aliphatic carbocycles. The lowest BCUT2D eigenvalue weighted by atomic mass is 10.1. The quantitative estimate of drug-likeness (QED) is 0.886. The zero-order chi connectivity index (χ0) is 14.1. The Kier molecular flexibility index (Phi) is 4.08. The standard InChI is InChI=1S/C15H19BrN2O2/c16-11-6-12(14(17-8-11)9-4-5-9)15(20)18-7-10-2-1-3-13(10)19/h6,8-10,13,19H,1-5,7H2,(H,18,20)/t10-,13+/m1/s1. The smallest absolute Gasteiger partial charge is 0.253 e. The van der Waals surface area contributed by atoms with E-state index in [2.05, 4.69) is 26.2 Å². The van der Waals surface area contributed by atoms with Crippen LogP contribution in [-0.4, -0.2) is 28.6 Å². The Balaban J connectivity index is 1.68. The Morgan fingerprint density at radius 3 is 2.85 bits per heavy atom. The fourth-order valence-electron chi connectivity index (χ4n) is 2.89. The average molecular weight is 339 g/mol. The molecule has 1 aromatic rings. The number of aliphatic hydroxyl groups is 1. The lowest BCUT2D eigenvalue weighted by Crippen LogP contribution is -2.33. The number of aromatic nitrogens is 1. The zero-order valence-corrected chi connectivity index (χ0v) is 12.9. The van der Waals surface area contributed by atoms with Gasteiger partial charge in [-0.05, 0) is 47.7 Å². The van der Waals surface area contributed by atoms with E-state index in [-0.39, 0.29) is 17.9 Å². The van der Waals surface area contributed by atoms with Gasteiger partial charge >= 0.3 is 0 Å². The largest absolute Gasteiger partial charge is 0.393 e. The van der Waals surface area contributed by atoms with Crippen LogP contribution in [0.25, 0.3) is 0 Å². The van der Waals surface area contributed by atoms with Crippen LogP contribution in [0.4, 0.5) is 0 Å². The predicted octanol–water partition coefficient (Wildman–Crippen LogP) is 2.61. The number of aliphatic hydroxyl groups excluding tert-OH is 1. The first-order chi connectivity index (χ1) is 9.65. The van der Waals surface area contributed by atoms with Crippen LogP contribution in [0.15, 0.2) is 16.7 Å². The van der Waals surface area contributed by atoms with Crippen molar-refractivity contribution < 1.29 is 9.90 Å². The minimum atomic E-state index is -0.265. The molecule has 0 bridgehead atoms. The molecule has 2 saturated carbocycles. The highest BCUT2D eigenvalue weighted by Gasteiger charge is 2.30. The highest BCUT2D eigenvalue weighted by Crippen LogP contribution is 2.40. The molecule has 2 fully saturated rings. The Labute approximate surface area is 127 Å². The van der Waals surface area contributed by atoms with Gasteiger partial charge in [-0.1, -0.05) is 6.42 Å². The Morgan fingerprint density at radius 1 is 1.40 bits per heavy atom. The third-order valence-electron chi connectivity index (χ3n) is 4.24. The first-order valence-electron chi connectivity index (χ1n) is 7.27. The van der Waals surface area contributed by atoms with Gasteiger partial charge in [-0.15, -0.1) is 0 Å². The van der Waals surface area contributed by atoms with Crippen LogP contribution in [0, 0.1) is 5.92 Å². The van der Waals surface area contributed by atoms with E-state index in [0.717, 1.165) is 42.3 Å². The zero-order valence-electron chi connectivity index (χ0n) is 11.3. The Morgan fingerprint density at radius 2 is 2.20 bits per heavy atom. The number of nitrogens with zero attached hydrogens (tertiary/aromatic N) is 1. The minimum Gasteiger partial charge on any atom is -0.393 e. The van der Waals surface area contributed by atoms with E-state index in [1.165, 1.54) is 0 Å². The number of amides is 1. The van der Waals surface area contributed by atoms with Gasteiger partial charge < -0.3 is 10.4 Å². The molecule has 1 amide bonds. The van der Waals surface area contributed by atoms with Crippen LogP contribution in [0.5, 0.6) is 0 Å². The summed E-state index contributed by atoms with van der Waals surface area (Å²) < 4.78 is 0.827. The summed E-state index contributed by atoms with van der Waals surface area (Å²) in [6.45, 7) is 0.552. The maximum absolute atomic E-state index is 12.4. The molecule has 4 nitrogen and oxygen atoms in total. The molecule has 0 aromatic carbocycles. The molecule has 0 aliphatic heterocycles. The van der Waals surface area contributed by atoms with E-state index < -0.39 is 0 Å². The third kappa shape index (κ3) is 3.04. The van der Waals surface area contributed by atoms with Crippen molar-refractivity contribution in [1.29, 1.82) is 0 Å². The third-order valence-corrected chi connectivity index (χ3v) is 4.67. The summed E-state index contributed by atoms with van der Waals surface area (Å²) in [5, 5.41) is 12.8. The summed E-state index contributed by atoms with van der Waals surface area (Å²) in [5.74, 6) is 0.573. The summed E-state index contributed by atoms with van der Waals surface area (Å²) in [6.07, 6.45) is 6.63. The maximum atomic E-state index is 12.4. The Bertz CT molecular complexity index is 517. The van der Waals surface area contributed by atoms with Crippen LogP contribution in [0.2, 0.25) is 0 Å². The normalized spacial score (nSPS) is 25.7. The lowest BCUT2D eigenvalue weighted by molar-refractivity contribution is 0.0915. The highest BCUT2D eigenvalue weighted by atomic mass is 79.9. The van der Waals surface area contributed by atoms with Gasteiger partial charge in [0.05, 0.1) is 17.4 Å². The van der Waals surface area contributed by atoms with Crippen molar-refractivity contribution in [3.8, 4) is 0 Å². The summed E-state index contributed by atoms with van der Waals surface area (Å²) in [4.78, 5) is 16.8. The van der Waals surface area contributed by atoms with Crippen LogP contribution in [0.1, 0.15) is 54.1 Å². The summed E-state index contributed by atoms with van der Waals surface area (Å²) in [7, 11) is 0. The monoisotopic (exact) mass is 338 g/mol. The molecule has 2 aliphatic rings. The van der Waals surface area contributed by atoms with Crippen molar-refractivity contribution >= 4 is 21.8 Å². The molecule has 3 rings (SSSR count). The first kappa shape index (κ1) is 14.0. The second-order valence-electron chi connectivity index (χ2n) is 5.83. The predicted molar refractivity (Wildman–Crippen MR) is 79.6 cm³/mol. The van der Waals surface area contributed by atoms with E-state index in [1.54, 1.807) is 6.20 Å². The molecule has 5 heteroatoms. The van der Waals surface area contributed by atoms with Crippen LogP contribution < -0.4 is 5.32 Å². The average Bonchev–Trinajstić information content (AvgIpc) is 3.19. The van der Waals surface area contributed by atoms with Crippen molar-refractivity contribution in [2.75, 3.05) is 6.54 Å². The maximum Gasteiger partial charge on any atom is 0.253 e. The van der Waals surface area contributed by atoms with Gasteiger partial charge in [-0.3, -0.25) is 9.78 Å². The molecule has 1 aromatic heterocycles. The molecule has 2 atom stereocenters. The van der Waals surface area contributed by atoms with Crippen molar-refractivity contribution in [2.45, 2.75) is 44.1 Å². The number of rotatable bonds is 4. The number of carbonyl (C=O) groups is 1. The summed E-state index contributed by atoms with van der Waals surface area (Å²) >= 11 is 3.38. The number of hydrogen-bond donors (Lipinski definition) is 2. The molecule has 0 saturated heterocycles. The van der Waals surface area contributed by atoms with Gasteiger partial charge in [0, 0.05) is 29.1 Å². The van der Waals surface area contributed by atoms with Gasteiger partial charge in [-0.2, -0.15) is 0 Å². The van der Waals surface area contributed by atoms with Crippen LogP contribution >= 0.6 is 15.9 Å². The van der Waals surface area contributed by atoms with Crippen molar-refractivity contribution in [2.24, 2.45) is 5.92 Å². The van der Waals surface area contributed by atoms with Crippen LogP contribution in [-0.2, 0) is 0 Å².